The first-order valence-electron chi connectivity index (χ1n) is 9.62. The van der Waals surface area contributed by atoms with Crippen molar-refractivity contribution in [1.82, 2.24) is 19.9 Å². The van der Waals surface area contributed by atoms with Crippen molar-refractivity contribution in [3.63, 3.8) is 0 Å². The third kappa shape index (κ3) is 4.12. The zero-order valence-electron chi connectivity index (χ0n) is 16.0. The van der Waals surface area contributed by atoms with Crippen LogP contribution in [0.5, 0.6) is 5.75 Å². The molecular formula is C22H24N4O2. The molecule has 4 rings (SSSR count). The van der Waals surface area contributed by atoms with Gasteiger partial charge >= 0.3 is 0 Å². The molecule has 1 fully saturated rings. The molecule has 1 unspecified atom stereocenters. The van der Waals surface area contributed by atoms with Crippen molar-refractivity contribution in [3.8, 4) is 17.3 Å². The van der Waals surface area contributed by atoms with E-state index >= 15 is 0 Å². The predicted octanol–water partition coefficient (Wildman–Crippen LogP) is 3.57. The number of hydrogen-bond donors (Lipinski definition) is 1. The van der Waals surface area contributed by atoms with Crippen LogP contribution in [0, 0.1) is 0 Å². The number of nitrogens with zero attached hydrogens (tertiary/aromatic N) is 3. The van der Waals surface area contributed by atoms with Gasteiger partial charge in [0.05, 0.1) is 18.8 Å². The second-order valence-electron chi connectivity index (χ2n) is 7.06. The largest absolute Gasteiger partial charge is 0.497 e. The topological polar surface area (TPSA) is 71.1 Å². The molecule has 3 heterocycles. The Labute approximate surface area is 164 Å². The summed E-state index contributed by atoms with van der Waals surface area (Å²) in [4.78, 5) is 26.6. The molecule has 1 atom stereocenters. The molecule has 1 N–H and O–H groups in total. The summed E-state index contributed by atoms with van der Waals surface area (Å²) in [6.45, 7) is 1.81. The Morgan fingerprint density at radius 1 is 1.18 bits per heavy atom. The molecule has 0 radical (unpaired) electrons. The summed E-state index contributed by atoms with van der Waals surface area (Å²) in [5.41, 5.74) is 2.58. The van der Waals surface area contributed by atoms with Crippen LogP contribution < -0.4 is 10.3 Å². The molecule has 3 aromatic rings. The number of aromatic amines is 1. The van der Waals surface area contributed by atoms with Gasteiger partial charge in [-0.2, -0.15) is 0 Å². The number of piperidine rings is 1. The fourth-order valence-electron chi connectivity index (χ4n) is 3.75. The maximum absolute atomic E-state index is 12.3. The second kappa shape index (κ2) is 8.35. The minimum atomic E-state index is -0.138. The average Bonchev–Trinajstić information content (AvgIpc) is 2.75. The van der Waals surface area contributed by atoms with Crippen LogP contribution in [0.1, 0.15) is 36.6 Å². The van der Waals surface area contributed by atoms with E-state index < -0.39 is 0 Å². The summed E-state index contributed by atoms with van der Waals surface area (Å²) in [6.07, 6.45) is 4.99. The third-order valence-electron chi connectivity index (χ3n) is 5.17. The van der Waals surface area contributed by atoms with Crippen molar-refractivity contribution in [3.05, 3.63) is 76.3 Å². The van der Waals surface area contributed by atoms with Crippen LogP contribution in [0.4, 0.5) is 0 Å². The molecule has 144 valence electrons. The standard InChI is InChI=1S/C22H24N4O2/c1-28-17-10-8-16(9-11-17)15-26-13-5-3-7-20(26)19-14-21(27)25-22(24-19)18-6-2-4-12-23-18/h2,4,6,8-12,14,20H,3,5,7,13,15H2,1H3,(H,24,25,27). The molecule has 2 aromatic heterocycles. The maximum atomic E-state index is 12.3. The predicted molar refractivity (Wildman–Crippen MR) is 108 cm³/mol. The number of aromatic nitrogens is 3. The Morgan fingerprint density at radius 3 is 2.79 bits per heavy atom. The lowest BCUT2D eigenvalue weighted by atomic mass is 9.98. The molecule has 1 aromatic carbocycles. The van der Waals surface area contributed by atoms with Gasteiger partial charge in [-0.05, 0) is 49.2 Å². The molecule has 6 heteroatoms. The van der Waals surface area contributed by atoms with Crippen LogP contribution >= 0.6 is 0 Å². The van der Waals surface area contributed by atoms with Crippen molar-refractivity contribution in [2.45, 2.75) is 31.8 Å². The number of ether oxygens (including phenoxy) is 1. The molecule has 0 aliphatic carbocycles. The summed E-state index contributed by atoms with van der Waals surface area (Å²) >= 11 is 0. The average molecular weight is 376 g/mol. The highest BCUT2D eigenvalue weighted by molar-refractivity contribution is 5.48. The van der Waals surface area contributed by atoms with Crippen molar-refractivity contribution in [1.29, 1.82) is 0 Å². The van der Waals surface area contributed by atoms with Crippen LogP contribution in [0.2, 0.25) is 0 Å². The molecule has 1 saturated heterocycles. The quantitative estimate of drug-likeness (QED) is 0.737. The lowest BCUT2D eigenvalue weighted by Gasteiger charge is -2.35. The van der Waals surface area contributed by atoms with E-state index in [0.29, 0.717) is 11.5 Å². The first kappa shape index (κ1) is 18.4. The molecule has 0 spiro atoms. The van der Waals surface area contributed by atoms with E-state index in [1.165, 1.54) is 5.56 Å². The Balaban J connectivity index is 1.62. The number of H-pyrrole nitrogens is 1. The van der Waals surface area contributed by atoms with Gasteiger partial charge < -0.3 is 9.72 Å². The van der Waals surface area contributed by atoms with Crippen molar-refractivity contribution in [2.24, 2.45) is 0 Å². The van der Waals surface area contributed by atoms with Crippen LogP contribution in [0.3, 0.4) is 0 Å². The number of likely N-dealkylation sites (tertiary alicyclic amines) is 1. The van der Waals surface area contributed by atoms with Gasteiger partial charge in [0.25, 0.3) is 5.56 Å². The summed E-state index contributed by atoms with van der Waals surface area (Å²) < 4.78 is 5.25. The highest BCUT2D eigenvalue weighted by Crippen LogP contribution is 2.31. The fourth-order valence-corrected chi connectivity index (χ4v) is 3.75. The van der Waals surface area contributed by atoms with Crippen LogP contribution in [-0.2, 0) is 6.54 Å². The second-order valence-corrected chi connectivity index (χ2v) is 7.06. The molecular weight excluding hydrogens is 352 g/mol. The molecule has 28 heavy (non-hydrogen) atoms. The van der Waals surface area contributed by atoms with E-state index in [0.717, 1.165) is 43.8 Å². The minimum Gasteiger partial charge on any atom is -0.497 e. The van der Waals surface area contributed by atoms with Crippen LogP contribution in [0.15, 0.2) is 59.5 Å². The Bertz CT molecular complexity index is 970. The highest BCUT2D eigenvalue weighted by atomic mass is 16.5. The van der Waals surface area contributed by atoms with Gasteiger partial charge in [-0.25, -0.2) is 4.98 Å². The number of benzene rings is 1. The van der Waals surface area contributed by atoms with Crippen molar-refractivity contribution < 1.29 is 4.74 Å². The van der Waals surface area contributed by atoms with Crippen LogP contribution in [0.25, 0.3) is 11.5 Å². The summed E-state index contributed by atoms with van der Waals surface area (Å²) in [6, 6.07) is 15.5. The van der Waals surface area contributed by atoms with Gasteiger partial charge in [0.15, 0.2) is 5.82 Å². The summed E-state index contributed by atoms with van der Waals surface area (Å²) in [7, 11) is 1.67. The normalized spacial score (nSPS) is 17.4. The monoisotopic (exact) mass is 376 g/mol. The first-order chi connectivity index (χ1) is 13.7. The lowest BCUT2D eigenvalue weighted by molar-refractivity contribution is 0.137. The van der Waals surface area contributed by atoms with Gasteiger partial charge in [0.2, 0.25) is 0 Å². The minimum absolute atomic E-state index is 0.126. The van der Waals surface area contributed by atoms with Crippen LogP contribution in [-0.4, -0.2) is 33.5 Å². The van der Waals surface area contributed by atoms with E-state index in [1.807, 2.05) is 30.3 Å². The Morgan fingerprint density at radius 2 is 2.04 bits per heavy atom. The van der Waals surface area contributed by atoms with E-state index in [1.54, 1.807) is 19.4 Å². The summed E-state index contributed by atoms with van der Waals surface area (Å²) in [5, 5.41) is 0. The smallest absolute Gasteiger partial charge is 0.251 e. The number of rotatable bonds is 5. The van der Waals surface area contributed by atoms with Crippen molar-refractivity contribution >= 4 is 0 Å². The van der Waals surface area contributed by atoms with Gasteiger partial charge in [-0.15, -0.1) is 0 Å². The zero-order chi connectivity index (χ0) is 19.3. The number of pyridine rings is 1. The highest BCUT2D eigenvalue weighted by Gasteiger charge is 2.26. The van der Waals surface area contributed by atoms with E-state index in [2.05, 4.69) is 27.0 Å². The van der Waals surface area contributed by atoms with Gasteiger partial charge in [-0.3, -0.25) is 14.7 Å². The summed E-state index contributed by atoms with van der Waals surface area (Å²) in [5.74, 6) is 1.38. The molecule has 0 bridgehead atoms. The molecule has 0 saturated carbocycles. The molecule has 1 aliphatic rings. The number of nitrogens with one attached hydrogen (secondary N) is 1. The van der Waals surface area contributed by atoms with Gasteiger partial charge in [-0.1, -0.05) is 24.6 Å². The third-order valence-corrected chi connectivity index (χ3v) is 5.17. The Kier molecular flexibility index (Phi) is 5.48. The number of hydrogen-bond acceptors (Lipinski definition) is 5. The number of methoxy groups -OCH3 is 1. The van der Waals surface area contributed by atoms with E-state index in [9.17, 15) is 4.79 Å². The first-order valence-corrected chi connectivity index (χ1v) is 9.62. The lowest BCUT2D eigenvalue weighted by Crippen LogP contribution is -2.34. The van der Waals surface area contributed by atoms with Crippen molar-refractivity contribution in [2.75, 3.05) is 13.7 Å². The molecule has 6 nitrogen and oxygen atoms in total. The van der Waals surface area contributed by atoms with Gasteiger partial charge in [0.1, 0.15) is 11.4 Å². The Hall–Kier alpha value is -2.99. The fraction of sp³-hybridized carbons (Fsp3) is 0.318. The van der Waals surface area contributed by atoms with E-state index in [-0.39, 0.29) is 11.6 Å². The van der Waals surface area contributed by atoms with E-state index in [4.69, 9.17) is 9.72 Å². The SMILES string of the molecule is COc1ccc(CN2CCCCC2c2cc(=O)[nH]c(-c3ccccn3)n2)cc1. The maximum Gasteiger partial charge on any atom is 0.251 e. The zero-order valence-corrected chi connectivity index (χ0v) is 16.0. The molecule has 0 amide bonds. The molecule has 1 aliphatic heterocycles. The van der Waals surface area contributed by atoms with Gasteiger partial charge in [0, 0.05) is 18.8 Å².